The molecule has 2 N–H and O–H groups in total. The molecule has 2 amide bonds. The van der Waals surface area contributed by atoms with Crippen LogP contribution in [-0.4, -0.2) is 24.5 Å². The van der Waals surface area contributed by atoms with Crippen molar-refractivity contribution in [1.29, 1.82) is 0 Å². The SMILES string of the molecule is Cc1cc(OCC(=O)Nc2ccc(C(=O)NC3CC3)cc2)c(C(C)C)cc1Cl. The summed E-state index contributed by atoms with van der Waals surface area (Å²) >= 11 is 6.20. The Kier molecular flexibility index (Phi) is 6.25. The lowest BCUT2D eigenvalue weighted by Crippen LogP contribution is -2.25. The molecule has 1 saturated carbocycles. The normalized spacial score (nSPS) is 13.3. The summed E-state index contributed by atoms with van der Waals surface area (Å²) in [7, 11) is 0. The van der Waals surface area contributed by atoms with Crippen molar-refractivity contribution in [2.45, 2.75) is 45.6 Å². The van der Waals surface area contributed by atoms with Crippen LogP contribution in [0.1, 0.15) is 54.1 Å². The summed E-state index contributed by atoms with van der Waals surface area (Å²) in [4.78, 5) is 24.2. The number of anilines is 1. The van der Waals surface area contributed by atoms with Crippen LogP contribution in [0.2, 0.25) is 5.02 Å². The quantitative estimate of drug-likeness (QED) is 0.708. The van der Waals surface area contributed by atoms with E-state index in [0.29, 0.717) is 28.1 Å². The number of ether oxygens (including phenoxy) is 1. The highest BCUT2D eigenvalue weighted by molar-refractivity contribution is 6.31. The maximum absolute atomic E-state index is 12.2. The molecule has 2 aromatic rings. The molecule has 2 aromatic carbocycles. The average Bonchev–Trinajstić information content (AvgIpc) is 3.46. The van der Waals surface area contributed by atoms with Gasteiger partial charge in [-0.2, -0.15) is 0 Å². The molecule has 0 aliphatic heterocycles. The first kappa shape index (κ1) is 20.2. The van der Waals surface area contributed by atoms with E-state index in [2.05, 4.69) is 24.5 Å². The van der Waals surface area contributed by atoms with E-state index in [-0.39, 0.29) is 24.3 Å². The summed E-state index contributed by atoms with van der Waals surface area (Å²) in [6.07, 6.45) is 2.09. The average molecular weight is 401 g/mol. The van der Waals surface area contributed by atoms with Gasteiger partial charge in [0.15, 0.2) is 6.61 Å². The van der Waals surface area contributed by atoms with E-state index in [1.807, 2.05) is 19.1 Å². The van der Waals surface area contributed by atoms with Gasteiger partial charge in [0.05, 0.1) is 0 Å². The van der Waals surface area contributed by atoms with Gasteiger partial charge in [0.2, 0.25) is 0 Å². The third-order valence-electron chi connectivity index (χ3n) is 4.62. The zero-order valence-corrected chi connectivity index (χ0v) is 17.1. The summed E-state index contributed by atoms with van der Waals surface area (Å²) in [5.41, 5.74) is 3.07. The highest BCUT2D eigenvalue weighted by Crippen LogP contribution is 2.32. The van der Waals surface area contributed by atoms with Gasteiger partial charge in [-0.25, -0.2) is 0 Å². The lowest BCUT2D eigenvalue weighted by Gasteiger charge is -2.16. The van der Waals surface area contributed by atoms with E-state index < -0.39 is 0 Å². The molecule has 0 radical (unpaired) electrons. The molecular weight excluding hydrogens is 376 g/mol. The molecule has 0 aromatic heterocycles. The molecule has 0 saturated heterocycles. The maximum Gasteiger partial charge on any atom is 0.262 e. The van der Waals surface area contributed by atoms with Crippen LogP contribution >= 0.6 is 11.6 Å². The highest BCUT2D eigenvalue weighted by Gasteiger charge is 2.23. The maximum atomic E-state index is 12.2. The van der Waals surface area contributed by atoms with Crippen molar-refractivity contribution in [3.05, 3.63) is 58.1 Å². The number of hydrogen-bond acceptors (Lipinski definition) is 3. The van der Waals surface area contributed by atoms with Crippen LogP contribution in [0.15, 0.2) is 36.4 Å². The van der Waals surface area contributed by atoms with Crippen molar-refractivity contribution in [2.24, 2.45) is 0 Å². The van der Waals surface area contributed by atoms with Crippen molar-refractivity contribution < 1.29 is 14.3 Å². The lowest BCUT2D eigenvalue weighted by molar-refractivity contribution is -0.118. The smallest absolute Gasteiger partial charge is 0.262 e. The molecule has 1 aliphatic carbocycles. The number of hydrogen-bond donors (Lipinski definition) is 2. The van der Waals surface area contributed by atoms with Crippen LogP contribution in [0.3, 0.4) is 0 Å². The largest absolute Gasteiger partial charge is 0.483 e. The molecule has 5 nitrogen and oxygen atoms in total. The zero-order chi connectivity index (χ0) is 20.3. The molecule has 6 heteroatoms. The molecule has 28 heavy (non-hydrogen) atoms. The lowest BCUT2D eigenvalue weighted by atomic mass is 10.0. The number of benzene rings is 2. The molecule has 0 atom stereocenters. The minimum absolute atomic E-state index is 0.0805. The topological polar surface area (TPSA) is 67.4 Å². The minimum Gasteiger partial charge on any atom is -0.483 e. The van der Waals surface area contributed by atoms with Crippen molar-refractivity contribution in [3.63, 3.8) is 0 Å². The van der Waals surface area contributed by atoms with Crippen LogP contribution in [0.25, 0.3) is 0 Å². The summed E-state index contributed by atoms with van der Waals surface area (Å²) in [6, 6.07) is 10.9. The number of rotatable bonds is 7. The van der Waals surface area contributed by atoms with Crippen molar-refractivity contribution in [2.75, 3.05) is 11.9 Å². The van der Waals surface area contributed by atoms with Crippen LogP contribution < -0.4 is 15.4 Å². The minimum atomic E-state index is -0.266. The molecule has 0 heterocycles. The fourth-order valence-electron chi connectivity index (χ4n) is 2.79. The van der Waals surface area contributed by atoms with E-state index in [1.54, 1.807) is 24.3 Å². The third kappa shape index (κ3) is 5.26. The molecule has 1 fully saturated rings. The van der Waals surface area contributed by atoms with Gasteiger partial charge in [-0.15, -0.1) is 0 Å². The van der Waals surface area contributed by atoms with Crippen LogP contribution in [0, 0.1) is 6.92 Å². The number of carbonyl (C=O) groups is 2. The fourth-order valence-corrected chi connectivity index (χ4v) is 2.96. The van der Waals surface area contributed by atoms with Crippen molar-refractivity contribution in [3.8, 4) is 5.75 Å². The zero-order valence-electron chi connectivity index (χ0n) is 16.3. The van der Waals surface area contributed by atoms with E-state index in [4.69, 9.17) is 16.3 Å². The Morgan fingerprint density at radius 1 is 1.18 bits per heavy atom. The van der Waals surface area contributed by atoms with Gasteiger partial charge in [0.1, 0.15) is 5.75 Å². The Labute approximate surface area is 170 Å². The van der Waals surface area contributed by atoms with Gasteiger partial charge in [0.25, 0.3) is 11.8 Å². The van der Waals surface area contributed by atoms with E-state index >= 15 is 0 Å². The van der Waals surface area contributed by atoms with Gasteiger partial charge < -0.3 is 15.4 Å². The van der Waals surface area contributed by atoms with Crippen LogP contribution in [-0.2, 0) is 4.79 Å². The van der Waals surface area contributed by atoms with Gasteiger partial charge in [-0.1, -0.05) is 25.4 Å². The monoisotopic (exact) mass is 400 g/mol. The van der Waals surface area contributed by atoms with E-state index in [1.165, 1.54) is 0 Å². The second-order valence-corrected chi connectivity index (χ2v) is 7.86. The predicted molar refractivity (Wildman–Crippen MR) is 111 cm³/mol. The van der Waals surface area contributed by atoms with E-state index in [0.717, 1.165) is 24.0 Å². The second kappa shape index (κ2) is 8.65. The van der Waals surface area contributed by atoms with Crippen LogP contribution in [0.5, 0.6) is 5.75 Å². The Hall–Kier alpha value is -2.53. The van der Waals surface area contributed by atoms with Crippen molar-refractivity contribution in [1.82, 2.24) is 5.32 Å². The first-order chi connectivity index (χ1) is 13.3. The standard InChI is InChI=1S/C22H25ClN2O3/c1-13(2)18-11-19(23)14(3)10-20(18)28-12-21(26)24-16-6-4-15(5-7-16)22(27)25-17-8-9-17/h4-7,10-11,13,17H,8-9,12H2,1-3H3,(H,24,26)(H,25,27). The summed E-state index contributed by atoms with van der Waals surface area (Å²) in [5, 5.41) is 6.41. The number of nitrogens with one attached hydrogen (secondary N) is 2. The molecular formula is C22H25ClN2O3. The summed E-state index contributed by atoms with van der Waals surface area (Å²) in [6.45, 7) is 5.90. The van der Waals surface area contributed by atoms with Crippen LogP contribution in [0.4, 0.5) is 5.69 Å². The Balaban J connectivity index is 1.57. The molecule has 148 valence electrons. The summed E-state index contributed by atoms with van der Waals surface area (Å²) < 4.78 is 5.75. The number of carbonyl (C=O) groups excluding carboxylic acids is 2. The third-order valence-corrected chi connectivity index (χ3v) is 5.02. The second-order valence-electron chi connectivity index (χ2n) is 7.46. The number of amides is 2. The Morgan fingerprint density at radius 3 is 2.46 bits per heavy atom. The fraction of sp³-hybridized carbons (Fsp3) is 0.364. The predicted octanol–water partition coefficient (Wildman–Crippen LogP) is 4.68. The molecule has 1 aliphatic rings. The Bertz CT molecular complexity index is 874. The highest BCUT2D eigenvalue weighted by atomic mass is 35.5. The molecule has 0 spiro atoms. The molecule has 0 bridgehead atoms. The van der Waals surface area contributed by atoms with Crippen molar-refractivity contribution >= 4 is 29.1 Å². The van der Waals surface area contributed by atoms with Gasteiger partial charge >= 0.3 is 0 Å². The Morgan fingerprint density at radius 2 is 1.86 bits per heavy atom. The molecule has 0 unspecified atom stereocenters. The number of halogens is 1. The summed E-state index contributed by atoms with van der Waals surface area (Å²) in [5.74, 6) is 0.546. The van der Waals surface area contributed by atoms with E-state index in [9.17, 15) is 9.59 Å². The van der Waals surface area contributed by atoms with Gasteiger partial charge in [-0.05, 0) is 73.2 Å². The first-order valence-corrected chi connectivity index (χ1v) is 9.85. The first-order valence-electron chi connectivity index (χ1n) is 9.47. The van der Waals surface area contributed by atoms with Gasteiger partial charge in [0, 0.05) is 22.3 Å². The van der Waals surface area contributed by atoms with Gasteiger partial charge in [-0.3, -0.25) is 9.59 Å². The number of aryl methyl sites for hydroxylation is 1. The molecule has 3 rings (SSSR count).